The van der Waals surface area contributed by atoms with Crippen LogP contribution in [0.15, 0.2) is 47.4 Å². The van der Waals surface area contributed by atoms with E-state index in [2.05, 4.69) is 10.0 Å². The molecule has 0 amide bonds. The van der Waals surface area contributed by atoms with E-state index in [-0.39, 0.29) is 5.92 Å². The van der Waals surface area contributed by atoms with Crippen LogP contribution in [0.25, 0.3) is 10.8 Å². The Labute approximate surface area is 130 Å². The molecule has 1 atom stereocenters. The summed E-state index contributed by atoms with van der Waals surface area (Å²) < 4.78 is 33.4. The van der Waals surface area contributed by atoms with Gasteiger partial charge in [0.15, 0.2) is 0 Å². The zero-order valence-electron chi connectivity index (χ0n) is 12.3. The topological polar surface area (TPSA) is 67.4 Å². The van der Waals surface area contributed by atoms with E-state index in [1.165, 1.54) is 0 Å². The van der Waals surface area contributed by atoms with Crippen LogP contribution in [-0.4, -0.2) is 41.3 Å². The van der Waals surface area contributed by atoms with Crippen LogP contribution >= 0.6 is 0 Å². The summed E-state index contributed by atoms with van der Waals surface area (Å²) in [5, 5.41) is 4.91. The molecule has 1 saturated heterocycles. The number of fused-ring (bicyclic) bond motifs is 1. The van der Waals surface area contributed by atoms with Gasteiger partial charge in [-0.25, -0.2) is 13.1 Å². The van der Waals surface area contributed by atoms with Crippen molar-refractivity contribution in [2.75, 3.05) is 32.8 Å². The predicted octanol–water partition coefficient (Wildman–Crippen LogP) is 1.35. The van der Waals surface area contributed by atoms with Gasteiger partial charge in [0.2, 0.25) is 10.0 Å². The monoisotopic (exact) mass is 320 g/mol. The van der Waals surface area contributed by atoms with Gasteiger partial charge in [-0.2, -0.15) is 0 Å². The summed E-state index contributed by atoms with van der Waals surface area (Å²) in [5.74, 6) is 0.146. The van der Waals surface area contributed by atoms with Crippen molar-refractivity contribution >= 4 is 20.8 Å². The van der Waals surface area contributed by atoms with Crippen molar-refractivity contribution in [2.24, 2.45) is 5.92 Å². The third-order valence-corrected chi connectivity index (χ3v) is 5.29. The molecule has 3 rings (SSSR count). The van der Waals surface area contributed by atoms with Gasteiger partial charge in [-0.15, -0.1) is 0 Å². The molecule has 2 N–H and O–H groups in total. The molecule has 2 aromatic carbocycles. The van der Waals surface area contributed by atoms with Gasteiger partial charge in [-0.1, -0.05) is 36.4 Å². The maximum atomic E-state index is 12.6. The fourth-order valence-corrected chi connectivity index (χ4v) is 3.97. The minimum atomic E-state index is -3.53. The highest BCUT2D eigenvalue weighted by Gasteiger charge is 2.20. The van der Waals surface area contributed by atoms with Crippen LogP contribution in [-0.2, 0) is 14.8 Å². The van der Waals surface area contributed by atoms with Crippen molar-refractivity contribution in [3.05, 3.63) is 42.5 Å². The highest BCUT2D eigenvalue weighted by atomic mass is 32.2. The Morgan fingerprint density at radius 2 is 2.00 bits per heavy atom. The minimum absolute atomic E-state index is 0.146. The number of sulfonamides is 1. The summed E-state index contributed by atoms with van der Waals surface area (Å²) in [6.07, 6.45) is 0. The lowest BCUT2D eigenvalue weighted by molar-refractivity contribution is 0.124. The van der Waals surface area contributed by atoms with Crippen LogP contribution in [0.5, 0.6) is 0 Å². The van der Waals surface area contributed by atoms with E-state index in [1.807, 2.05) is 30.3 Å². The number of benzene rings is 2. The lowest BCUT2D eigenvalue weighted by Crippen LogP contribution is -2.35. The standard InChI is InChI=1S/C16H20N2O3S/c19-22(20,18-11-13-10-17-8-9-21-12-13)16-7-3-5-14-4-1-2-6-15(14)16/h1-7,13,17-18H,8-12H2/t13-/m0/s1. The molecule has 1 fully saturated rings. The highest BCUT2D eigenvalue weighted by Crippen LogP contribution is 2.22. The first kappa shape index (κ1) is 15.4. The van der Waals surface area contributed by atoms with Crippen molar-refractivity contribution in [1.82, 2.24) is 10.0 Å². The lowest BCUT2D eigenvalue weighted by Gasteiger charge is -2.15. The molecule has 1 aliphatic heterocycles. The fourth-order valence-electron chi connectivity index (χ4n) is 2.63. The maximum absolute atomic E-state index is 12.6. The zero-order valence-corrected chi connectivity index (χ0v) is 13.1. The van der Waals surface area contributed by atoms with Gasteiger partial charge < -0.3 is 10.1 Å². The highest BCUT2D eigenvalue weighted by molar-refractivity contribution is 7.89. The zero-order chi connectivity index (χ0) is 15.4. The van der Waals surface area contributed by atoms with Crippen molar-refractivity contribution < 1.29 is 13.2 Å². The number of hydrogen-bond acceptors (Lipinski definition) is 4. The smallest absolute Gasteiger partial charge is 0.241 e. The summed E-state index contributed by atoms with van der Waals surface area (Å²) in [6.45, 7) is 3.20. The average Bonchev–Trinajstić information content (AvgIpc) is 2.81. The number of rotatable bonds is 4. The quantitative estimate of drug-likeness (QED) is 0.892. The molecule has 2 aromatic rings. The third-order valence-electron chi connectivity index (χ3n) is 3.81. The molecule has 5 nitrogen and oxygen atoms in total. The van der Waals surface area contributed by atoms with Crippen LogP contribution in [0.1, 0.15) is 0 Å². The molecular weight excluding hydrogens is 300 g/mol. The van der Waals surface area contributed by atoms with E-state index < -0.39 is 10.0 Å². The average molecular weight is 320 g/mol. The summed E-state index contributed by atoms with van der Waals surface area (Å²) in [7, 11) is -3.53. The normalized spacial score (nSPS) is 19.9. The van der Waals surface area contributed by atoms with Crippen molar-refractivity contribution in [3.63, 3.8) is 0 Å². The first-order valence-corrected chi connectivity index (χ1v) is 8.91. The Balaban J connectivity index is 1.79. The van der Waals surface area contributed by atoms with Crippen LogP contribution < -0.4 is 10.0 Å². The molecular formula is C16H20N2O3S. The summed E-state index contributed by atoms with van der Waals surface area (Å²) in [6, 6.07) is 12.8. The second kappa shape index (κ2) is 6.75. The molecule has 118 valence electrons. The number of ether oxygens (including phenoxy) is 1. The van der Waals surface area contributed by atoms with Crippen LogP contribution in [0, 0.1) is 5.92 Å². The van der Waals surface area contributed by atoms with Crippen LogP contribution in [0.3, 0.4) is 0 Å². The molecule has 1 aliphatic rings. The van der Waals surface area contributed by atoms with Gasteiger partial charge in [-0.3, -0.25) is 0 Å². The second-order valence-electron chi connectivity index (χ2n) is 5.47. The third kappa shape index (κ3) is 3.47. The Morgan fingerprint density at radius 3 is 2.91 bits per heavy atom. The van der Waals surface area contributed by atoms with Gasteiger partial charge >= 0.3 is 0 Å². The predicted molar refractivity (Wildman–Crippen MR) is 86.3 cm³/mol. The molecule has 0 spiro atoms. The molecule has 0 aliphatic carbocycles. The van der Waals surface area contributed by atoms with Crippen molar-refractivity contribution in [3.8, 4) is 0 Å². The molecule has 1 heterocycles. The first-order valence-electron chi connectivity index (χ1n) is 7.43. The minimum Gasteiger partial charge on any atom is -0.380 e. The van der Waals surface area contributed by atoms with E-state index in [4.69, 9.17) is 4.74 Å². The summed E-state index contributed by atoms with van der Waals surface area (Å²) in [4.78, 5) is 0.327. The molecule has 6 heteroatoms. The van der Waals surface area contributed by atoms with E-state index >= 15 is 0 Å². The Morgan fingerprint density at radius 1 is 1.18 bits per heavy atom. The van der Waals surface area contributed by atoms with Gasteiger partial charge in [0.1, 0.15) is 0 Å². The summed E-state index contributed by atoms with van der Waals surface area (Å²) >= 11 is 0. The van der Waals surface area contributed by atoms with E-state index in [9.17, 15) is 8.42 Å². The van der Waals surface area contributed by atoms with E-state index in [0.717, 1.165) is 23.9 Å². The van der Waals surface area contributed by atoms with Crippen molar-refractivity contribution in [2.45, 2.75) is 4.90 Å². The molecule has 0 aromatic heterocycles. The van der Waals surface area contributed by atoms with Crippen molar-refractivity contribution in [1.29, 1.82) is 0 Å². The SMILES string of the molecule is O=S(=O)(NC[C@@H]1CNCCOC1)c1cccc2ccccc12. The second-order valence-corrected chi connectivity index (χ2v) is 7.21. The summed E-state index contributed by atoms with van der Waals surface area (Å²) in [5.41, 5.74) is 0. The van der Waals surface area contributed by atoms with E-state index in [0.29, 0.717) is 24.7 Å². The Bertz CT molecular complexity index is 733. The maximum Gasteiger partial charge on any atom is 0.241 e. The van der Waals surface area contributed by atoms with Gasteiger partial charge in [0, 0.05) is 30.9 Å². The van der Waals surface area contributed by atoms with Crippen LogP contribution in [0.2, 0.25) is 0 Å². The largest absolute Gasteiger partial charge is 0.380 e. The van der Waals surface area contributed by atoms with Gasteiger partial charge in [-0.05, 0) is 11.5 Å². The Hall–Kier alpha value is -1.47. The molecule has 22 heavy (non-hydrogen) atoms. The first-order chi connectivity index (χ1) is 10.7. The van der Waals surface area contributed by atoms with Crippen LogP contribution in [0.4, 0.5) is 0 Å². The molecule has 0 unspecified atom stereocenters. The molecule has 0 saturated carbocycles. The van der Waals surface area contributed by atoms with E-state index in [1.54, 1.807) is 12.1 Å². The number of hydrogen-bond donors (Lipinski definition) is 2. The Kier molecular flexibility index (Phi) is 4.73. The fraction of sp³-hybridized carbons (Fsp3) is 0.375. The number of nitrogens with one attached hydrogen (secondary N) is 2. The molecule has 0 radical (unpaired) electrons. The van der Waals surface area contributed by atoms with Gasteiger partial charge in [0.05, 0.1) is 18.1 Å². The van der Waals surface area contributed by atoms with Gasteiger partial charge in [0.25, 0.3) is 0 Å². The molecule has 0 bridgehead atoms. The lowest BCUT2D eigenvalue weighted by atomic mass is 10.1.